The summed E-state index contributed by atoms with van der Waals surface area (Å²) in [6.07, 6.45) is 0.507. The molecule has 3 heterocycles. The molecule has 0 amide bonds. The molecule has 2 aromatic rings. The van der Waals surface area contributed by atoms with Crippen LogP contribution in [0.15, 0.2) is 18.3 Å². The molecule has 1 spiro atoms. The Morgan fingerprint density at radius 2 is 1.80 bits per heavy atom. The third kappa shape index (κ3) is 5.43. The molecule has 2 aromatic heterocycles. The maximum atomic E-state index is 13.4. The number of nitrogens with zero attached hydrogens (tertiary/aromatic N) is 2. The first-order chi connectivity index (χ1) is 18.8. The Balaban J connectivity index is 1.78. The highest BCUT2D eigenvalue weighted by atomic mass is 127. The van der Waals surface area contributed by atoms with Crippen molar-refractivity contribution in [1.29, 1.82) is 0 Å². The van der Waals surface area contributed by atoms with Crippen LogP contribution >= 0.6 is 22.6 Å². The Kier molecular flexibility index (Phi) is 7.85. The second-order valence-electron chi connectivity index (χ2n) is 14.9. The molecule has 9 heteroatoms. The van der Waals surface area contributed by atoms with E-state index in [9.17, 15) is 13.2 Å². The van der Waals surface area contributed by atoms with E-state index in [-0.39, 0.29) is 26.4 Å². The average Bonchev–Trinajstić information content (AvgIpc) is 3.37. The van der Waals surface area contributed by atoms with Gasteiger partial charge in [-0.25, -0.2) is 0 Å². The van der Waals surface area contributed by atoms with Crippen molar-refractivity contribution < 1.29 is 22.3 Å². The van der Waals surface area contributed by atoms with Crippen molar-refractivity contribution in [3.05, 3.63) is 57.7 Å². The number of ether oxygens (including phenoxy) is 1. The van der Waals surface area contributed by atoms with Gasteiger partial charge in [-0.15, -0.1) is 0 Å². The molecule has 1 saturated carbocycles. The number of aromatic nitrogens is 2. The van der Waals surface area contributed by atoms with Crippen LogP contribution in [0.3, 0.4) is 0 Å². The zero-order valence-corrected chi connectivity index (χ0v) is 29.0. The molecule has 4 atom stereocenters. The molecule has 2 aliphatic carbocycles. The van der Waals surface area contributed by atoms with Crippen molar-refractivity contribution in [2.24, 2.45) is 5.41 Å². The minimum atomic E-state index is -4.44. The van der Waals surface area contributed by atoms with Crippen molar-refractivity contribution in [1.82, 2.24) is 9.97 Å². The van der Waals surface area contributed by atoms with Crippen LogP contribution in [0.4, 0.5) is 13.2 Å². The van der Waals surface area contributed by atoms with E-state index in [0.29, 0.717) is 5.69 Å². The summed E-state index contributed by atoms with van der Waals surface area (Å²) in [5.74, 6) is 0.114. The molecule has 2 unspecified atom stereocenters. The highest BCUT2D eigenvalue weighted by molar-refractivity contribution is 14.1. The largest absolute Gasteiger partial charge is 0.417 e. The van der Waals surface area contributed by atoms with Crippen LogP contribution in [0, 0.1) is 5.41 Å². The molecule has 0 aromatic carbocycles. The van der Waals surface area contributed by atoms with Gasteiger partial charge in [0.05, 0.1) is 17.4 Å². The lowest BCUT2D eigenvalue weighted by atomic mass is 9.70. The molecule has 5 rings (SSSR count). The summed E-state index contributed by atoms with van der Waals surface area (Å²) < 4.78 is 54.9. The van der Waals surface area contributed by atoms with Crippen molar-refractivity contribution in [3.8, 4) is 0 Å². The highest BCUT2D eigenvalue weighted by Crippen LogP contribution is 2.62. The summed E-state index contributed by atoms with van der Waals surface area (Å²) in [5, 5.41) is 0.0449. The fourth-order valence-electron chi connectivity index (χ4n) is 6.70. The van der Waals surface area contributed by atoms with E-state index in [2.05, 4.69) is 89.1 Å². The fourth-order valence-corrected chi connectivity index (χ4v) is 9.18. The Bertz CT molecular complexity index is 1320. The van der Waals surface area contributed by atoms with E-state index in [1.54, 1.807) is 0 Å². The first-order valence-electron chi connectivity index (χ1n) is 14.9. The zero-order valence-electron chi connectivity index (χ0n) is 25.8. The van der Waals surface area contributed by atoms with Gasteiger partial charge in [0.1, 0.15) is 11.7 Å². The minimum Gasteiger partial charge on any atom is -0.410 e. The smallest absolute Gasteiger partial charge is 0.410 e. The first kappa shape index (κ1) is 31.4. The standard InChI is InChI=1S/C32H44F3IN2O2Si/c1-18(2)27-25-26(24-21(38-27)15-30(6,7)16-22(24)40-41(8,9)29(3,4)5)31(14-10-11-23(31)36)39-28(25)20-13-12-19(17-37-20)32(33,34)35/h12-13,17-18,22-23,28H,10-11,14-16H2,1-9H3/t22-,23?,28-,31?/m0/s1. The van der Waals surface area contributed by atoms with Crippen LogP contribution in [0.25, 0.3) is 0 Å². The molecule has 0 N–H and O–H groups in total. The predicted octanol–water partition coefficient (Wildman–Crippen LogP) is 9.96. The predicted molar refractivity (Wildman–Crippen MR) is 167 cm³/mol. The second kappa shape index (κ2) is 10.3. The number of rotatable bonds is 4. The molecular formula is C32H44F3IN2O2Si. The lowest BCUT2D eigenvalue weighted by molar-refractivity contribution is -0.137. The Labute approximate surface area is 257 Å². The highest BCUT2D eigenvalue weighted by Gasteiger charge is 2.57. The Hall–Kier alpha value is -1.04. The monoisotopic (exact) mass is 700 g/mol. The number of halogens is 4. The molecule has 4 nitrogen and oxygen atoms in total. The van der Waals surface area contributed by atoms with E-state index < -0.39 is 31.8 Å². The van der Waals surface area contributed by atoms with E-state index in [1.807, 2.05) is 0 Å². The van der Waals surface area contributed by atoms with Gasteiger partial charge < -0.3 is 9.16 Å². The number of alkyl halides is 4. The van der Waals surface area contributed by atoms with E-state index in [1.165, 1.54) is 17.2 Å². The van der Waals surface area contributed by atoms with Gasteiger partial charge in [-0.3, -0.25) is 9.97 Å². The summed E-state index contributed by atoms with van der Waals surface area (Å²) in [4.78, 5) is 9.73. The maximum Gasteiger partial charge on any atom is 0.417 e. The van der Waals surface area contributed by atoms with Gasteiger partial charge in [-0.1, -0.05) is 71.1 Å². The topological polar surface area (TPSA) is 44.2 Å². The molecule has 226 valence electrons. The van der Waals surface area contributed by atoms with Crippen LogP contribution < -0.4 is 0 Å². The van der Waals surface area contributed by atoms with Gasteiger partial charge in [-0.2, -0.15) is 13.2 Å². The van der Waals surface area contributed by atoms with Gasteiger partial charge in [0.25, 0.3) is 0 Å². The lowest BCUT2D eigenvalue weighted by Crippen LogP contribution is -2.44. The van der Waals surface area contributed by atoms with Crippen molar-refractivity contribution in [2.45, 2.75) is 133 Å². The summed E-state index contributed by atoms with van der Waals surface area (Å²) in [5.41, 5.74) is 4.72. The SMILES string of the molecule is CC(C)c1nc2c(c3c1[C@H](c1ccc(C(F)(F)F)cn1)OC31CCCC1I)[C@@H](O[Si](C)(C)C(C)(C)C)CC(C)(C)C2. The normalized spacial score (nSPS) is 27.9. The first-order valence-corrected chi connectivity index (χ1v) is 19.0. The number of fused-ring (bicyclic) bond motifs is 4. The fraction of sp³-hybridized carbons (Fsp3) is 0.688. The van der Waals surface area contributed by atoms with Crippen LogP contribution in [-0.4, -0.2) is 22.2 Å². The molecule has 0 saturated heterocycles. The molecule has 1 aliphatic heterocycles. The van der Waals surface area contributed by atoms with E-state index in [0.717, 1.165) is 61.3 Å². The van der Waals surface area contributed by atoms with Crippen molar-refractivity contribution >= 4 is 30.9 Å². The van der Waals surface area contributed by atoms with Gasteiger partial charge in [0.2, 0.25) is 0 Å². The summed E-state index contributed by atoms with van der Waals surface area (Å²) in [6.45, 7) is 20.3. The Morgan fingerprint density at radius 3 is 2.32 bits per heavy atom. The van der Waals surface area contributed by atoms with Crippen molar-refractivity contribution in [3.63, 3.8) is 0 Å². The van der Waals surface area contributed by atoms with E-state index in [4.69, 9.17) is 14.1 Å². The third-order valence-electron chi connectivity index (χ3n) is 9.78. The summed E-state index contributed by atoms with van der Waals surface area (Å²) in [6, 6.07) is 2.61. The van der Waals surface area contributed by atoms with E-state index >= 15 is 0 Å². The van der Waals surface area contributed by atoms with Crippen molar-refractivity contribution in [2.75, 3.05) is 0 Å². The zero-order chi connectivity index (χ0) is 30.3. The molecule has 41 heavy (non-hydrogen) atoms. The van der Waals surface area contributed by atoms with Crippen LogP contribution in [-0.2, 0) is 27.4 Å². The quantitative estimate of drug-likeness (QED) is 0.181. The number of pyridine rings is 2. The van der Waals surface area contributed by atoms with Crippen LogP contribution in [0.5, 0.6) is 0 Å². The van der Waals surface area contributed by atoms with Gasteiger partial charge in [0, 0.05) is 38.2 Å². The molecule has 0 bridgehead atoms. The van der Waals surface area contributed by atoms with Gasteiger partial charge in [0.15, 0.2) is 8.32 Å². The van der Waals surface area contributed by atoms with Crippen LogP contribution in [0.1, 0.15) is 132 Å². The summed E-state index contributed by atoms with van der Waals surface area (Å²) >= 11 is 2.54. The summed E-state index contributed by atoms with van der Waals surface area (Å²) in [7, 11) is -2.15. The molecule has 0 radical (unpaired) electrons. The number of hydrogen-bond acceptors (Lipinski definition) is 4. The minimum absolute atomic E-state index is 0.0237. The number of hydrogen-bond donors (Lipinski definition) is 0. The molecule has 3 aliphatic rings. The van der Waals surface area contributed by atoms with Gasteiger partial charge >= 0.3 is 6.18 Å². The maximum absolute atomic E-state index is 13.4. The molecular weight excluding hydrogens is 656 g/mol. The third-order valence-corrected chi connectivity index (χ3v) is 15.9. The average molecular weight is 701 g/mol. The second-order valence-corrected chi connectivity index (χ2v) is 21.2. The Morgan fingerprint density at radius 1 is 1.12 bits per heavy atom. The lowest BCUT2D eigenvalue weighted by Gasteiger charge is -2.45. The van der Waals surface area contributed by atoms with Gasteiger partial charge in [-0.05, 0) is 73.7 Å². The molecule has 1 fully saturated rings. The van der Waals surface area contributed by atoms with Crippen LogP contribution in [0.2, 0.25) is 18.1 Å².